The summed E-state index contributed by atoms with van der Waals surface area (Å²) < 4.78 is 0. The molecule has 4 rings (SSSR count). The number of hydrogen-bond donors (Lipinski definition) is 0. The molecule has 0 bridgehead atoms. The van der Waals surface area contributed by atoms with Gasteiger partial charge in [0, 0.05) is 28.3 Å². The Bertz CT molecular complexity index is 850. The minimum absolute atomic E-state index is 0.180. The molecule has 0 radical (unpaired) electrons. The van der Waals surface area contributed by atoms with E-state index in [0.717, 1.165) is 39.5 Å². The SMILES string of the molecule is O=C1SCCC1N=Cc1c2ccccc2nc2ccccc12. The van der Waals surface area contributed by atoms with E-state index >= 15 is 0 Å². The number of rotatable bonds is 2. The number of thioether (sulfide) groups is 1. The largest absolute Gasteiger partial charge is 0.285 e. The van der Waals surface area contributed by atoms with Gasteiger partial charge in [-0.3, -0.25) is 9.79 Å². The van der Waals surface area contributed by atoms with Crippen molar-refractivity contribution < 1.29 is 4.79 Å². The number of aromatic nitrogens is 1. The molecule has 1 saturated heterocycles. The summed E-state index contributed by atoms with van der Waals surface area (Å²) in [4.78, 5) is 21.0. The maximum atomic E-state index is 11.8. The molecule has 22 heavy (non-hydrogen) atoms. The monoisotopic (exact) mass is 306 g/mol. The van der Waals surface area contributed by atoms with Crippen LogP contribution in [0, 0.1) is 0 Å². The van der Waals surface area contributed by atoms with Gasteiger partial charge in [0.2, 0.25) is 5.12 Å². The Morgan fingerprint density at radius 2 is 1.68 bits per heavy atom. The molecule has 0 aliphatic carbocycles. The second kappa shape index (κ2) is 5.54. The predicted molar refractivity (Wildman–Crippen MR) is 92.7 cm³/mol. The number of carbonyl (C=O) groups is 1. The third-order valence-corrected chi connectivity index (χ3v) is 4.92. The van der Waals surface area contributed by atoms with Gasteiger partial charge < -0.3 is 0 Å². The quantitative estimate of drug-likeness (QED) is 0.533. The fraction of sp³-hybridized carbons (Fsp3) is 0.167. The van der Waals surface area contributed by atoms with Crippen LogP contribution >= 0.6 is 11.8 Å². The Labute approximate surface area is 132 Å². The molecule has 1 atom stereocenters. The maximum Gasteiger partial charge on any atom is 0.213 e. The van der Waals surface area contributed by atoms with Gasteiger partial charge in [0.25, 0.3) is 0 Å². The minimum Gasteiger partial charge on any atom is -0.285 e. The Morgan fingerprint density at radius 3 is 2.27 bits per heavy atom. The summed E-state index contributed by atoms with van der Waals surface area (Å²) in [5.41, 5.74) is 2.95. The van der Waals surface area contributed by atoms with Crippen molar-refractivity contribution in [3.8, 4) is 0 Å². The highest BCUT2D eigenvalue weighted by molar-refractivity contribution is 8.14. The van der Waals surface area contributed by atoms with Crippen molar-refractivity contribution in [2.24, 2.45) is 4.99 Å². The highest BCUT2D eigenvalue weighted by Crippen LogP contribution is 2.26. The van der Waals surface area contributed by atoms with E-state index in [0.29, 0.717) is 0 Å². The molecule has 0 amide bonds. The van der Waals surface area contributed by atoms with Gasteiger partial charge in [0.1, 0.15) is 6.04 Å². The van der Waals surface area contributed by atoms with Crippen molar-refractivity contribution in [1.29, 1.82) is 0 Å². The lowest BCUT2D eigenvalue weighted by molar-refractivity contribution is -0.111. The van der Waals surface area contributed by atoms with Gasteiger partial charge in [-0.15, -0.1) is 0 Å². The van der Waals surface area contributed by atoms with Gasteiger partial charge in [-0.05, 0) is 18.6 Å². The number of para-hydroxylation sites is 2. The van der Waals surface area contributed by atoms with Gasteiger partial charge >= 0.3 is 0 Å². The zero-order valence-electron chi connectivity index (χ0n) is 11.9. The van der Waals surface area contributed by atoms with E-state index < -0.39 is 0 Å². The van der Waals surface area contributed by atoms with Crippen LogP contribution in [-0.4, -0.2) is 28.1 Å². The lowest BCUT2D eigenvalue weighted by Gasteiger charge is -2.07. The highest BCUT2D eigenvalue weighted by atomic mass is 32.2. The Kier molecular flexibility index (Phi) is 3.39. The number of hydrogen-bond acceptors (Lipinski definition) is 4. The van der Waals surface area contributed by atoms with Gasteiger partial charge in [0.05, 0.1) is 11.0 Å². The Morgan fingerprint density at radius 1 is 1.05 bits per heavy atom. The van der Waals surface area contributed by atoms with Crippen LogP contribution in [0.4, 0.5) is 0 Å². The molecular formula is C18H14N2OS. The molecule has 2 aromatic carbocycles. The van der Waals surface area contributed by atoms with E-state index in [2.05, 4.69) is 17.1 Å². The molecular weight excluding hydrogens is 292 g/mol. The number of carbonyl (C=O) groups excluding carboxylic acids is 1. The smallest absolute Gasteiger partial charge is 0.213 e. The second-order valence-corrected chi connectivity index (χ2v) is 6.41. The van der Waals surface area contributed by atoms with E-state index in [1.165, 1.54) is 11.8 Å². The first-order chi connectivity index (χ1) is 10.8. The number of fused-ring (bicyclic) bond motifs is 2. The summed E-state index contributed by atoms with van der Waals surface area (Å²) >= 11 is 1.38. The van der Waals surface area contributed by atoms with Crippen LogP contribution < -0.4 is 0 Å². The zero-order valence-corrected chi connectivity index (χ0v) is 12.7. The summed E-state index contributed by atoms with van der Waals surface area (Å²) in [5, 5.41) is 2.32. The summed E-state index contributed by atoms with van der Waals surface area (Å²) in [6, 6.07) is 15.9. The van der Waals surface area contributed by atoms with Crippen LogP contribution in [0.1, 0.15) is 12.0 Å². The van der Waals surface area contributed by atoms with Crippen LogP contribution in [0.3, 0.4) is 0 Å². The molecule has 0 saturated carbocycles. The zero-order chi connectivity index (χ0) is 14.9. The van der Waals surface area contributed by atoms with E-state index in [9.17, 15) is 4.79 Å². The minimum atomic E-state index is -0.198. The summed E-state index contributed by atoms with van der Waals surface area (Å²) in [6.45, 7) is 0. The van der Waals surface area contributed by atoms with E-state index in [4.69, 9.17) is 4.98 Å². The summed E-state index contributed by atoms with van der Waals surface area (Å²) in [7, 11) is 0. The first kappa shape index (κ1) is 13.5. The molecule has 1 aromatic heterocycles. The Balaban J connectivity index is 1.92. The third-order valence-electron chi connectivity index (χ3n) is 3.92. The van der Waals surface area contributed by atoms with E-state index in [1.54, 1.807) is 0 Å². The van der Waals surface area contributed by atoms with Crippen molar-refractivity contribution in [3.63, 3.8) is 0 Å². The van der Waals surface area contributed by atoms with Crippen LogP contribution in [0.15, 0.2) is 53.5 Å². The van der Waals surface area contributed by atoms with Crippen molar-refractivity contribution in [2.45, 2.75) is 12.5 Å². The molecule has 1 aliphatic heterocycles. The van der Waals surface area contributed by atoms with Crippen LogP contribution in [-0.2, 0) is 4.79 Å². The van der Waals surface area contributed by atoms with Gasteiger partial charge in [0.15, 0.2) is 0 Å². The first-order valence-electron chi connectivity index (χ1n) is 7.30. The number of pyridine rings is 1. The van der Waals surface area contributed by atoms with Crippen molar-refractivity contribution in [3.05, 3.63) is 54.1 Å². The molecule has 1 aliphatic rings. The van der Waals surface area contributed by atoms with Crippen LogP contribution in [0.25, 0.3) is 21.8 Å². The summed E-state index contributed by atoms with van der Waals surface area (Å²) in [6.07, 6.45) is 2.70. The number of aliphatic imine (C=N–C) groups is 1. The fourth-order valence-electron chi connectivity index (χ4n) is 2.80. The van der Waals surface area contributed by atoms with Crippen LogP contribution in [0.2, 0.25) is 0 Å². The van der Waals surface area contributed by atoms with Crippen molar-refractivity contribution in [1.82, 2.24) is 4.98 Å². The molecule has 4 heteroatoms. The second-order valence-electron chi connectivity index (χ2n) is 5.31. The standard InChI is InChI=1S/C18H14N2OS/c21-18-17(9-10-22-18)19-11-14-12-5-1-3-7-15(12)20-16-8-4-2-6-13(14)16/h1-8,11,17H,9-10H2. The summed E-state index contributed by atoms with van der Waals surface area (Å²) in [5.74, 6) is 0.874. The number of benzene rings is 2. The average molecular weight is 306 g/mol. The fourth-order valence-corrected chi connectivity index (χ4v) is 3.71. The van der Waals surface area contributed by atoms with Gasteiger partial charge in [-0.1, -0.05) is 48.2 Å². The molecule has 1 unspecified atom stereocenters. The van der Waals surface area contributed by atoms with E-state index in [-0.39, 0.29) is 11.2 Å². The van der Waals surface area contributed by atoms with Gasteiger partial charge in [-0.25, -0.2) is 4.98 Å². The predicted octanol–water partition coefficient (Wildman–Crippen LogP) is 3.84. The third kappa shape index (κ3) is 2.29. The topological polar surface area (TPSA) is 42.3 Å². The highest BCUT2D eigenvalue weighted by Gasteiger charge is 2.24. The Hall–Kier alpha value is -2.20. The molecule has 1 fully saturated rings. The molecule has 108 valence electrons. The normalized spacial score (nSPS) is 18.7. The molecule has 0 spiro atoms. The number of nitrogens with zero attached hydrogens (tertiary/aromatic N) is 2. The average Bonchev–Trinajstić information content (AvgIpc) is 2.96. The lowest BCUT2D eigenvalue weighted by atomic mass is 10.0. The van der Waals surface area contributed by atoms with Gasteiger partial charge in [-0.2, -0.15) is 0 Å². The molecule has 0 N–H and O–H groups in total. The van der Waals surface area contributed by atoms with Crippen molar-refractivity contribution >= 4 is 44.9 Å². The van der Waals surface area contributed by atoms with Crippen LogP contribution in [0.5, 0.6) is 0 Å². The van der Waals surface area contributed by atoms with Crippen molar-refractivity contribution in [2.75, 3.05) is 5.75 Å². The molecule has 3 nitrogen and oxygen atoms in total. The molecule has 2 heterocycles. The van der Waals surface area contributed by atoms with E-state index in [1.807, 2.05) is 42.6 Å². The maximum absolute atomic E-state index is 11.8. The first-order valence-corrected chi connectivity index (χ1v) is 8.29. The molecule has 3 aromatic rings. The lowest BCUT2D eigenvalue weighted by Crippen LogP contribution is -2.08.